The molecule has 0 aromatic heterocycles. The SMILES string of the molecule is CC1=CC(CC(=O)O)NC1. The number of carboxylic acid groups (broad SMARTS) is 1. The smallest absolute Gasteiger partial charge is 0.305 e. The van der Waals surface area contributed by atoms with E-state index in [0.29, 0.717) is 0 Å². The molecule has 0 amide bonds. The quantitative estimate of drug-likeness (QED) is 0.546. The summed E-state index contributed by atoms with van der Waals surface area (Å²) in [5, 5.41) is 11.5. The fraction of sp³-hybridized carbons (Fsp3) is 0.571. The minimum Gasteiger partial charge on any atom is -0.481 e. The molecule has 1 atom stereocenters. The molecule has 3 nitrogen and oxygen atoms in total. The Morgan fingerprint density at radius 1 is 2.00 bits per heavy atom. The Morgan fingerprint density at radius 3 is 3.10 bits per heavy atom. The van der Waals surface area contributed by atoms with Gasteiger partial charge in [0, 0.05) is 12.6 Å². The Bertz CT molecular complexity index is 174. The number of aliphatic carboxylic acids is 1. The van der Waals surface area contributed by atoms with Crippen LogP contribution in [0.15, 0.2) is 11.6 Å². The number of hydrogen-bond acceptors (Lipinski definition) is 2. The van der Waals surface area contributed by atoms with E-state index in [1.807, 2.05) is 13.0 Å². The van der Waals surface area contributed by atoms with Crippen molar-refractivity contribution in [3.05, 3.63) is 11.6 Å². The zero-order chi connectivity index (χ0) is 7.56. The first kappa shape index (κ1) is 7.28. The Labute approximate surface area is 59.7 Å². The number of hydrogen-bond donors (Lipinski definition) is 2. The first-order valence-electron chi connectivity index (χ1n) is 3.31. The van der Waals surface area contributed by atoms with E-state index in [0.717, 1.165) is 6.54 Å². The van der Waals surface area contributed by atoms with E-state index in [-0.39, 0.29) is 12.5 Å². The second-order valence-electron chi connectivity index (χ2n) is 2.60. The van der Waals surface area contributed by atoms with Crippen molar-refractivity contribution >= 4 is 5.97 Å². The molecular weight excluding hydrogens is 130 g/mol. The van der Waals surface area contributed by atoms with Gasteiger partial charge in [0.2, 0.25) is 0 Å². The molecule has 0 radical (unpaired) electrons. The van der Waals surface area contributed by atoms with E-state index in [2.05, 4.69) is 5.32 Å². The third-order valence-electron chi connectivity index (χ3n) is 1.52. The maximum absolute atomic E-state index is 10.2. The average Bonchev–Trinajstić information content (AvgIpc) is 2.13. The van der Waals surface area contributed by atoms with E-state index in [4.69, 9.17) is 5.11 Å². The molecule has 0 aromatic carbocycles. The molecular formula is C7H11NO2. The summed E-state index contributed by atoms with van der Waals surface area (Å²) in [6.45, 7) is 2.83. The van der Waals surface area contributed by atoms with E-state index in [1.165, 1.54) is 5.57 Å². The lowest BCUT2D eigenvalue weighted by Gasteiger charge is -2.02. The van der Waals surface area contributed by atoms with Gasteiger partial charge in [-0.05, 0) is 6.92 Å². The van der Waals surface area contributed by atoms with E-state index >= 15 is 0 Å². The van der Waals surface area contributed by atoms with E-state index in [1.54, 1.807) is 0 Å². The van der Waals surface area contributed by atoms with Gasteiger partial charge >= 0.3 is 5.97 Å². The summed E-state index contributed by atoms with van der Waals surface area (Å²) < 4.78 is 0. The Kier molecular flexibility index (Phi) is 2.06. The van der Waals surface area contributed by atoms with Crippen molar-refractivity contribution in [3.63, 3.8) is 0 Å². The van der Waals surface area contributed by atoms with Crippen LogP contribution in [0.2, 0.25) is 0 Å². The number of nitrogens with one attached hydrogen (secondary N) is 1. The highest BCUT2D eigenvalue weighted by molar-refractivity contribution is 5.68. The molecule has 56 valence electrons. The van der Waals surface area contributed by atoms with Crippen molar-refractivity contribution in [2.24, 2.45) is 0 Å². The lowest BCUT2D eigenvalue weighted by Crippen LogP contribution is -2.24. The molecule has 0 aliphatic carbocycles. The summed E-state index contributed by atoms with van der Waals surface area (Å²) in [6, 6.07) is 0.0532. The summed E-state index contributed by atoms with van der Waals surface area (Å²) >= 11 is 0. The first-order chi connectivity index (χ1) is 4.68. The molecule has 0 saturated carbocycles. The van der Waals surface area contributed by atoms with Gasteiger partial charge < -0.3 is 10.4 Å². The molecule has 1 rings (SSSR count). The molecule has 0 aromatic rings. The summed E-state index contributed by atoms with van der Waals surface area (Å²) in [5.74, 6) is -0.747. The van der Waals surface area contributed by atoms with Crippen LogP contribution in [0.3, 0.4) is 0 Å². The van der Waals surface area contributed by atoms with Gasteiger partial charge in [-0.25, -0.2) is 0 Å². The van der Waals surface area contributed by atoms with Gasteiger partial charge in [0.25, 0.3) is 0 Å². The van der Waals surface area contributed by atoms with Crippen LogP contribution in [0.4, 0.5) is 0 Å². The highest BCUT2D eigenvalue weighted by atomic mass is 16.4. The predicted molar refractivity (Wildman–Crippen MR) is 37.8 cm³/mol. The maximum Gasteiger partial charge on any atom is 0.305 e. The van der Waals surface area contributed by atoms with Gasteiger partial charge in [-0.15, -0.1) is 0 Å². The minimum atomic E-state index is -0.747. The van der Waals surface area contributed by atoms with E-state index < -0.39 is 5.97 Å². The molecule has 0 fully saturated rings. The third kappa shape index (κ3) is 1.84. The Morgan fingerprint density at radius 2 is 2.70 bits per heavy atom. The monoisotopic (exact) mass is 141 g/mol. The van der Waals surface area contributed by atoms with Crippen LogP contribution in [0.25, 0.3) is 0 Å². The van der Waals surface area contributed by atoms with Crippen LogP contribution in [-0.2, 0) is 4.79 Å². The molecule has 2 N–H and O–H groups in total. The van der Waals surface area contributed by atoms with Crippen molar-refractivity contribution in [1.82, 2.24) is 5.32 Å². The summed E-state index contributed by atoms with van der Waals surface area (Å²) in [7, 11) is 0. The van der Waals surface area contributed by atoms with Gasteiger partial charge in [0.15, 0.2) is 0 Å². The fourth-order valence-corrected chi connectivity index (χ4v) is 1.07. The van der Waals surface area contributed by atoms with Crippen LogP contribution in [-0.4, -0.2) is 23.7 Å². The average molecular weight is 141 g/mol. The van der Waals surface area contributed by atoms with Gasteiger partial charge in [0.05, 0.1) is 6.42 Å². The second kappa shape index (κ2) is 2.84. The fourth-order valence-electron chi connectivity index (χ4n) is 1.07. The van der Waals surface area contributed by atoms with Crippen molar-refractivity contribution in [3.8, 4) is 0 Å². The summed E-state index contributed by atoms with van der Waals surface area (Å²) in [6.07, 6.45) is 2.16. The van der Waals surface area contributed by atoms with Crippen LogP contribution in [0.5, 0.6) is 0 Å². The van der Waals surface area contributed by atoms with E-state index in [9.17, 15) is 4.79 Å². The third-order valence-corrected chi connectivity index (χ3v) is 1.52. The highest BCUT2D eigenvalue weighted by Gasteiger charge is 2.14. The molecule has 1 aliphatic rings. The standard InChI is InChI=1S/C7H11NO2/c1-5-2-6(8-4-5)3-7(9)10/h2,6,8H,3-4H2,1H3,(H,9,10). The topological polar surface area (TPSA) is 49.3 Å². The summed E-state index contributed by atoms with van der Waals surface area (Å²) in [4.78, 5) is 10.2. The summed E-state index contributed by atoms with van der Waals surface area (Å²) in [5.41, 5.74) is 1.23. The number of carbonyl (C=O) groups is 1. The molecule has 1 aliphatic heterocycles. The lowest BCUT2D eigenvalue weighted by molar-refractivity contribution is -0.137. The van der Waals surface area contributed by atoms with Crippen LogP contribution in [0, 0.1) is 0 Å². The van der Waals surface area contributed by atoms with Crippen LogP contribution in [0.1, 0.15) is 13.3 Å². The zero-order valence-corrected chi connectivity index (χ0v) is 5.92. The molecule has 0 bridgehead atoms. The second-order valence-corrected chi connectivity index (χ2v) is 2.60. The van der Waals surface area contributed by atoms with Crippen molar-refractivity contribution in [1.29, 1.82) is 0 Å². The van der Waals surface area contributed by atoms with Gasteiger partial charge in [-0.2, -0.15) is 0 Å². The number of rotatable bonds is 2. The lowest BCUT2D eigenvalue weighted by atomic mass is 10.2. The van der Waals surface area contributed by atoms with Gasteiger partial charge in [-0.3, -0.25) is 4.79 Å². The Hall–Kier alpha value is -0.830. The minimum absolute atomic E-state index is 0.0532. The predicted octanol–water partition coefficient (Wildman–Crippen LogP) is 0.379. The zero-order valence-electron chi connectivity index (χ0n) is 5.92. The maximum atomic E-state index is 10.2. The van der Waals surface area contributed by atoms with Gasteiger partial charge in [0.1, 0.15) is 0 Å². The molecule has 3 heteroatoms. The molecule has 1 unspecified atom stereocenters. The molecule has 10 heavy (non-hydrogen) atoms. The number of carboxylic acids is 1. The normalized spacial score (nSPS) is 24.5. The van der Waals surface area contributed by atoms with Crippen molar-refractivity contribution in [2.75, 3.05) is 6.54 Å². The van der Waals surface area contributed by atoms with Crippen LogP contribution >= 0.6 is 0 Å². The largest absolute Gasteiger partial charge is 0.481 e. The van der Waals surface area contributed by atoms with Crippen LogP contribution < -0.4 is 5.32 Å². The van der Waals surface area contributed by atoms with Crippen molar-refractivity contribution < 1.29 is 9.90 Å². The molecule has 1 heterocycles. The Balaban J connectivity index is 2.38. The molecule has 0 spiro atoms. The van der Waals surface area contributed by atoms with Gasteiger partial charge in [-0.1, -0.05) is 11.6 Å². The highest BCUT2D eigenvalue weighted by Crippen LogP contribution is 2.06. The first-order valence-corrected chi connectivity index (χ1v) is 3.31. The molecule has 0 saturated heterocycles. The van der Waals surface area contributed by atoms with Crippen molar-refractivity contribution in [2.45, 2.75) is 19.4 Å².